The predicted molar refractivity (Wildman–Crippen MR) is 62.7 cm³/mol. The molecular weight excluding hydrogens is 208 g/mol. The summed E-state index contributed by atoms with van der Waals surface area (Å²) in [7, 11) is 1.80. The molecule has 0 bridgehead atoms. The van der Waals surface area contributed by atoms with Crippen molar-refractivity contribution in [1.82, 2.24) is 0 Å². The summed E-state index contributed by atoms with van der Waals surface area (Å²) in [5.41, 5.74) is 1.15. The standard InChI is InChI=1S/C11H16N2O3/c1-4-12(3)10-6-5-9(8(2)14)7-11(10)13(15)16/h5-8,14H,4H2,1-3H3/t8-/m0/s1. The van der Waals surface area contributed by atoms with E-state index in [0.717, 1.165) is 0 Å². The van der Waals surface area contributed by atoms with Gasteiger partial charge in [0.1, 0.15) is 5.69 Å². The zero-order chi connectivity index (χ0) is 12.3. The molecule has 5 nitrogen and oxygen atoms in total. The van der Waals surface area contributed by atoms with Crippen molar-refractivity contribution in [3.05, 3.63) is 33.9 Å². The van der Waals surface area contributed by atoms with E-state index >= 15 is 0 Å². The highest BCUT2D eigenvalue weighted by molar-refractivity contribution is 5.64. The topological polar surface area (TPSA) is 66.6 Å². The number of nitro benzene ring substituents is 1. The summed E-state index contributed by atoms with van der Waals surface area (Å²) < 4.78 is 0. The van der Waals surface area contributed by atoms with Crippen LogP contribution in [-0.2, 0) is 0 Å². The van der Waals surface area contributed by atoms with E-state index in [1.54, 1.807) is 31.0 Å². The van der Waals surface area contributed by atoms with Gasteiger partial charge in [-0.15, -0.1) is 0 Å². The number of benzene rings is 1. The minimum atomic E-state index is -0.695. The van der Waals surface area contributed by atoms with E-state index in [0.29, 0.717) is 17.8 Å². The summed E-state index contributed by atoms with van der Waals surface area (Å²) in [6, 6.07) is 4.80. The second kappa shape index (κ2) is 4.94. The monoisotopic (exact) mass is 224 g/mol. The van der Waals surface area contributed by atoms with Crippen LogP contribution in [0.2, 0.25) is 0 Å². The minimum Gasteiger partial charge on any atom is -0.389 e. The lowest BCUT2D eigenvalue weighted by Crippen LogP contribution is -2.17. The van der Waals surface area contributed by atoms with Crippen molar-refractivity contribution in [2.75, 3.05) is 18.5 Å². The van der Waals surface area contributed by atoms with Gasteiger partial charge in [-0.05, 0) is 25.5 Å². The molecule has 88 valence electrons. The van der Waals surface area contributed by atoms with Crippen molar-refractivity contribution in [3.8, 4) is 0 Å². The van der Waals surface area contributed by atoms with Crippen LogP contribution in [0.4, 0.5) is 11.4 Å². The Morgan fingerprint density at radius 2 is 2.19 bits per heavy atom. The molecule has 5 heteroatoms. The summed E-state index contributed by atoms with van der Waals surface area (Å²) in [6.07, 6.45) is -0.695. The molecule has 0 aliphatic heterocycles. The highest BCUT2D eigenvalue weighted by Gasteiger charge is 2.18. The lowest BCUT2D eigenvalue weighted by Gasteiger charge is -2.17. The molecular formula is C11H16N2O3. The van der Waals surface area contributed by atoms with Gasteiger partial charge in [-0.3, -0.25) is 10.1 Å². The van der Waals surface area contributed by atoms with Crippen molar-refractivity contribution in [2.24, 2.45) is 0 Å². The minimum absolute atomic E-state index is 0.0303. The van der Waals surface area contributed by atoms with E-state index in [1.165, 1.54) is 6.07 Å². The fourth-order valence-corrected chi connectivity index (χ4v) is 1.44. The summed E-state index contributed by atoms with van der Waals surface area (Å²) in [5.74, 6) is 0. The number of aliphatic hydroxyl groups is 1. The molecule has 0 spiro atoms. The van der Waals surface area contributed by atoms with Gasteiger partial charge in [0.05, 0.1) is 11.0 Å². The van der Waals surface area contributed by atoms with Crippen LogP contribution in [0, 0.1) is 10.1 Å². The van der Waals surface area contributed by atoms with Crippen LogP contribution in [0.1, 0.15) is 25.5 Å². The lowest BCUT2D eigenvalue weighted by molar-refractivity contribution is -0.384. The van der Waals surface area contributed by atoms with Gasteiger partial charge in [-0.2, -0.15) is 0 Å². The normalized spacial score (nSPS) is 12.2. The average Bonchev–Trinajstić information content (AvgIpc) is 2.26. The summed E-state index contributed by atoms with van der Waals surface area (Å²) in [5, 5.41) is 20.3. The van der Waals surface area contributed by atoms with Gasteiger partial charge in [0.15, 0.2) is 0 Å². The number of nitrogens with zero attached hydrogens (tertiary/aromatic N) is 2. The Hall–Kier alpha value is -1.62. The molecule has 0 heterocycles. The quantitative estimate of drug-likeness (QED) is 0.628. The molecule has 1 aromatic carbocycles. The molecule has 1 N–H and O–H groups in total. The van der Waals surface area contributed by atoms with Crippen molar-refractivity contribution in [1.29, 1.82) is 0 Å². The Kier molecular flexibility index (Phi) is 3.84. The van der Waals surface area contributed by atoms with E-state index < -0.39 is 11.0 Å². The van der Waals surface area contributed by atoms with E-state index in [2.05, 4.69) is 0 Å². The fourth-order valence-electron chi connectivity index (χ4n) is 1.44. The molecule has 0 saturated carbocycles. The Labute approximate surface area is 94.5 Å². The first-order valence-corrected chi connectivity index (χ1v) is 5.15. The van der Waals surface area contributed by atoms with E-state index in [9.17, 15) is 15.2 Å². The van der Waals surface area contributed by atoms with Gasteiger partial charge < -0.3 is 10.0 Å². The lowest BCUT2D eigenvalue weighted by atomic mass is 10.1. The first-order chi connectivity index (χ1) is 7.47. The maximum atomic E-state index is 10.9. The van der Waals surface area contributed by atoms with Crippen LogP contribution in [0.15, 0.2) is 18.2 Å². The number of anilines is 1. The van der Waals surface area contributed by atoms with Crippen molar-refractivity contribution < 1.29 is 10.0 Å². The fraction of sp³-hybridized carbons (Fsp3) is 0.455. The average molecular weight is 224 g/mol. The Morgan fingerprint density at radius 3 is 2.62 bits per heavy atom. The highest BCUT2D eigenvalue weighted by atomic mass is 16.6. The molecule has 0 unspecified atom stereocenters. The first kappa shape index (κ1) is 12.4. The van der Waals surface area contributed by atoms with Crippen molar-refractivity contribution >= 4 is 11.4 Å². The molecule has 1 atom stereocenters. The zero-order valence-electron chi connectivity index (χ0n) is 9.67. The Morgan fingerprint density at radius 1 is 1.56 bits per heavy atom. The number of nitro groups is 1. The van der Waals surface area contributed by atoms with Crippen LogP contribution in [0.5, 0.6) is 0 Å². The smallest absolute Gasteiger partial charge is 0.292 e. The van der Waals surface area contributed by atoms with Crippen LogP contribution < -0.4 is 4.90 Å². The maximum Gasteiger partial charge on any atom is 0.292 e. The second-order valence-corrected chi connectivity index (χ2v) is 3.70. The van der Waals surface area contributed by atoms with Crippen LogP contribution >= 0.6 is 0 Å². The molecule has 0 aliphatic carbocycles. The Bertz CT molecular complexity index is 391. The van der Waals surface area contributed by atoms with Crippen LogP contribution in [0.25, 0.3) is 0 Å². The van der Waals surface area contributed by atoms with Crippen molar-refractivity contribution in [2.45, 2.75) is 20.0 Å². The summed E-state index contributed by atoms with van der Waals surface area (Å²) in [4.78, 5) is 12.3. The van der Waals surface area contributed by atoms with Gasteiger partial charge in [0.25, 0.3) is 5.69 Å². The SMILES string of the molecule is CCN(C)c1ccc([C@H](C)O)cc1[N+](=O)[O-]. The third-order valence-corrected chi connectivity index (χ3v) is 2.56. The maximum absolute atomic E-state index is 10.9. The van der Waals surface area contributed by atoms with E-state index in [-0.39, 0.29) is 5.69 Å². The van der Waals surface area contributed by atoms with Gasteiger partial charge in [0.2, 0.25) is 0 Å². The van der Waals surface area contributed by atoms with Crippen molar-refractivity contribution in [3.63, 3.8) is 0 Å². The van der Waals surface area contributed by atoms with E-state index in [1.807, 2.05) is 6.92 Å². The summed E-state index contributed by atoms with van der Waals surface area (Å²) >= 11 is 0. The van der Waals surface area contributed by atoms with Gasteiger partial charge in [-0.25, -0.2) is 0 Å². The molecule has 0 aliphatic rings. The second-order valence-electron chi connectivity index (χ2n) is 3.70. The number of aliphatic hydroxyl groups excluding tert-OH is 1. The van der Waals surface area contributed by atoms with Gasteiger partial charge >= 0.3 is 0 Å². The number of rotatable bonds is 4. The molecule has 0 amide bonds. The largest absolute Gasteiger partial charge is 0.389 e. The molecule has 1 rings (SSSR count). The van der Waals surface area contributed by atoms with E-state index in [4.69, 9.17) is 0 Å². The first-order valence-electron chi connectivity index (χ1n) is 5.15. The third-order valence-electron chi connectivity index (χ3n) is 2.56. The van der Waals surface area contributed by atoms with Crippen LogP contribution in [0.3, 0.4) is 0 Å². The van der Waals surface area contributed by atoms with Crippen LogP contribution in [-0.4, -0.2) is 23.6 Å². The highest BCUT2D eigenvalue weighted by Crippen LogP contribution is 2.30. The molecule has 0 fully saturated rings. The summed E-state index contributed by atoms with van der Waals surface area (Å²) in [6.45, 7) is 4.20. The van der Waals surface area contributed by atoms with Gasteiger partial charge in [-0.1, -0.05) is 6.07 Å². The molecule has 0 saturated heterocycles. The third kappa shape index (κ3) is 2.49. The number of hydrogen-bond acceptors (Lipinski definition) is 4. The Balaban J connectivity index is 3.25. The zero-order valence-corrected chi connectivity index (χ0v) is 9.67. The molecule has 0 radical (unpaired) electrons. The molecule has 0 aromatic heterocycles. The molecule has 16 heavy (non-hydrogen) atoms. The number of hydrogen-bond donors (Lipinski definition) is 1. The molecule has 1 aromatic rings. The predicted octanol–water partition coefficient (Wildman–Crippen LogP) is 2.10. The van der Waals surface area contributed by atoms with Gasteiger partial charge in [0, 0.05) is 19.7 Å².